The minimum Gasteiger partial charge on any atom is -0.388 e. The molecule has 0 saturated heterocycles. The van der Waals surface area contributed by atoms with Gasteiger partial charge in [0.25, 0.3) is 0 Å². The Labute approximate surface area is 89.9 Å². The first-order chi connectivity index (χ1) is 7.15. The lowest BCUT2D eigenvalue weighted by Crippen LogP contribution is -2.00. The summed E-state index contributed by atoms with van der Waals surface area (Å²) < 4.78 is 12.8. The van der Waals surface area contributed by atoms with Crippen molar-refractivity contribution < 1.29 is 9.50 Å². The molecule has 0 aliphatic carbocycles. The standard InChI is InChI=1S/C13H15FO/c1-3-4-5-6-13(15)12-8-7-11(14)9-10(12)2/h1,7-9,13,15H,4-6H2,2H3. The number of aliphatic hydroxyl groups is 1. The van der Waals surface area contributed by atoms with Gasteiger partial charge in [-0.2, -0.15) is 0 Å². The molecular formula is C13H15FO. The Hall–Kier alpha value is -1.33. The molecule has 0 radical (unpaired) electrons. The van der Waals surface area contributed by atoms with Crippen LogP contribution in [0.25, 0.3) is 0 Å². The van der Waals surface area contributed by atoms with Crippen molar-refractivity contribution in [1.82, 2.24) is 0 Å². The Morgan fingerprint density at radius 2 is 2.27 bits per heavy atom. The molecular weight excluding hydrogens is 191 g/mol. The SMILES string of the molecule is C#CCCCC(O)c1ccc(F)cc1C. The summed E-state index contributed by atoms with van der Waals surface area (Å²) in [7, 11) is 0. The normalized spacial score (nSPS) is 12.1. The van der Waals surface area contributed by atoms with E-state index in [1.165, 1.54) is 12.1 Å². The summed E-state index contributed by atoms with van der Waals surface area (Å²) >= 11 is 0. The first-order valence-electron chi connectivity index (χ1n) is 5.02. The van der Waals surface area contributed by atoms with Gasteiger partial charge in [-0.1, -0.05) is 6.07 Å². The number of aliphatic hydroxyl groups excluding tert-OH is 1. The van der Waals surface area contributed by atoms with Gasteiger partial charge in [-0.05, 0) is 43.0 Å². The summed E-state index contributed by atoms with van der Waals surface area (Å²) in [6.45, 7) is 1.79. The molecule has 0 amide bonds. The monoisotopic (exact) mass is 206 g/mol. The molecule has 1 nitrogen and oxygen atoms in total. The van der Waals surface area contributed by atoms with Gasteiger partial charge in [0, 0.05) is 6.42 Å². The lowest BCUT2D eigenvalue weighted by molar-refractivity contribution is 0.164. The summed E-state index contributed by atoms with van der Waals surface area (Å²) in [5.41, 5.74) is 1.57. The maximum atomic E-state index is 12.8. The molecule has 1 aromatic rings. The molecule has 15 heavy (non-hydrogen) atoms. The van der Waals surface area contributed by atoms with E-state index >= 15 is 0 Å². The molecule has 1 aromatic carbocycles. The predicted molar refractivity (Wildman–Crippen MR) is 58.8 cm³/mol. The smallest absolute Gasteiger partial charge is 0.123 e. The minimum absolute atomic E-state index is 0.271. The van der Waals surface area contributed by atoms with Crippen LogP contribution in [0.2, 0.25) is 0 Å². The van der Waals surface area contributed by atoms with Crippen LogP contribution in [0.4, 0.5) is 4.39 Å². The van der Waals surface area contributed by atoms with Crippen molar-refractivity contribution in [3.8, 4) is 12.3 Å². The number of rotatable bonds is 4. The van der Waals surface area contributed by atoms with Crippen LogP contribution in [0.1, 0.15) is 36.5 Å². The lowest BCUT2D eigenvalue weighted by atomic mass is 9.99. The molecule has 0 bridgehead atoms. The van der Waals surface area contributed by atoms with Crippen molar-refractivity contribution in [3.63, 3.8) is 0 Å². The fourth-order valence-electron chi connectivity index (χ4n) is 1.57. The summed E-state index contributed by atoms with van der Waals surface area (Å²) in [5, 5.41) is 9.83. The Morgan fingerprint density at radius 3 is 2.87 bits per heavy atom. The van der Waals surface area contributed by atoms with Gasteiger partial charge >= 0.3 is 0 Å². The minimum atomic E-state index is -0.543. The Balaban J connectivity index is 2.66. The zero-order chi connectivity index (χ0) is 11.3. The topological polar surface area (TPSA) is 20.2 Å². The van der Waals surface area contributed by atoms with Crippen LogP contribution in [-0.4, -0.2) is 5.11 Å². The van der Waals surface area contributed by atoms with E-state index in [4.69, 9.17) is 6.42 Å². The molecule has 1 rings (SSSR count). The second kappa shape index (κ2) is 5.53. The van der Waals surface area contributed by atoms with Gasteiger partial charge in [-0.15, -0.1) is 12.3 Å². The average molecular weight is 206 g/mol. The van der Waals surface area contributed by atoms with E-state index < -0.39 is 6.10 Å². The third-order valence-corrected chi connectivity index (χ3v) is 2.39. The average Bonchev–Trinajstić information content (AvgIpc) is 2.17. The number of benzene rings is 1. The second-order valence-electron chi connectivity index (χ2n) is 3.61. The van der Waals surface area contributed by atoms with Crippen molar-refractivity contribution in [1.29, 1.82) is 0 Å². The Morgan fingerprint density at radius 1 is 1.53 bits per heavy atom. The van der Waals surface area contributed by atoms with E-state index in [-0.39, 0.29) is 5.82 Å². The fourth-order valence-corrected chi connectivity index (χ4v) is 1.57. The van der Waals surface area contributed by atoms with Gasteiger partial charge in [-0.3, -0.25) is 0 Å². The van der Waals surface area contributed by atoms with Gasteiger partial charge < -0.3 is 5.11 Å². The van der Waals surface area contributed by atoms with Crippen molar-refractivity contribution in [2.45, 2.75) is 32.3 Å². The highest BCUT2D eigenvalue weighted by molar-refractivity contribution is 5.28. The van der Waals surface area contributed by atoms with Crippen LogP contribution >= 0.6 is 0 Å². The van der Waals surface area contributed by atoms with E-state index in [0.29, 0.717) is 12.8 Å². The third-order valence-electron chi connectivity index (χ3n) is 2.39. The van der Waals surface area contributed by atoms with Gasteiger partial charge in [0.05, 0.1) is 6.10 Å². The van der Waals surface area contributed by atoms with Crippen LogP contribution in [0.15, 0.2) is 18.2 Å². The van der Waals surface area contributed by atoms with Crippen molar-refractivity contribution in [2.75, 3.05) is 0 Å². The highest BCUT2D eigenvalue weighted by Gasteiger charge is 2.10. The number of unbranched alkanes of at least 4 members (excludes halogenated alkanes) is 1. The molecule has 0 aliphatic rings. The second-order valence-corrected chi connectivity index (χ2v) is 3.61. The number of halogens is 1. The fraction of sp³-hybridized carbons (Fsp3) is 0.385. The molecule has 2 heteroatoms. The predicted octanol–water partition coefficient (Wildman–Crippen LogP) is 2.97. The van der Waals surface area contributed by atoms with E-state index in [9.17, 15) is 9.50 Å². The maximum absolute atomic E-state index is 12.8. The molecule has 0 aromatic heterocycles. The van der Waals surface area contributed by atoms with Crippen LogP contribution in [0.5, 0.6) is 0 Å². The molecule has 0 aliphatic heterocycles. The van der Waals surface area contributed by atoms with Gasteiger partial charge in [-0.25, -0.2) is 4.39 Å². The molecule has 0 spiro atoms. The van der Waals surface area contributed by atoms with Crippen LogP contribution < -0.4 is 0 Å². The third kappa shape index (κ3) is 3.38. The molecule has 80 valence electrons. The number of aryl methyl sites for hydroxylation is 1. The van der Waals surface area contributed by atoms with Crippen LogP contribution in [0.3, 0.4) is 0 Å². The van der Waals surface area contributed by atoms with Crippen LogP contribution in [0, 0.1) is 25.1 Å². The van der Waals surface area contributed by atoms with Gasteiger partial charge in [0.1, 0.15) is 5.82 Å². The lowest BCUT2D eigenvalue weighted by Gasteiger charge is -2.12. The Bertz CT molecular complexity index is 365. The molecule has 0 fully saturated rings. The number of hydrogen-bond acceptors (Lipinski definition) is 1. The highest BCUT2D eigenvalue weighted by Crippen LogP contribution is 2.22. The first-order valence-corrected chi connectivity index (χ1v) is 5.02. The zero-order valence-corrected chi connectivity index (χ0v) is 8.83. The molecule has 0 heterocycles. The summed E-state index contributed by atoms with van der Waals surface area (Å²) in [6, 6.07) is 4.43. The zero-order valence-electron chi connectivity index (χ0n) is 8.83. The van der Waals surface area contributed by atoms with E-state index in [0.717, 1.165) is 17.5 Å². The summed E-state index contributed by atoms with van der Waals surface area (Å²) in [5.74, 6) is 2.26. The van der Waals surface area contributed by atoms with E-state index in [1.54, 1.807) is 13.0 Å². The van der Waals surface area contributed by atoms with E-state index in [2.05, 4.69) is 5.92 Å². The highest BCUT2D eigenvalue weighted by atomic mass is 19.1. The summed E-state index contributed by atoms with van der Waals surface area (Å²) in [6.07, 6.45) is 6.65. The summed E-state index contributed by atoms with van der Waals surface area (Å²) in [4.78, 5) is 0. The van der Waals surface area contributed by atoms with Gasteiger partial charge in [0.15, 0.2) is 0 Å². The molecule has 1 unspecified atom stereocenters. The molecule has 0 saturated carbocycles. The number of hydrogen-bond donors (Lipinski definition) is 1. The maximum Gasteiger partial charge on any atom is 0.123 e. The van der Waals surface area contributed by atoms with Crippen LogP contribution in [-0.2, 0) is 0 Å². The van der Waals surface area contributed by atoms with Crippen molar-refractivity contribution in [2.24, 2.45) is 0 Å². The number of terminal acetylenes is 1. The molecule has 1 N–H and O–H groups in total. The first kappa shape index (κ1) is 11.7. The van der Waals surface area contributed by atoms with Crippen molar-refractivity contribution in [3.05, 3.63) is 35.1 Å². The van der Waals surface area contributed by atoms with Crippen molar-refractivity contribution >= 4 is 0 Å². The largest absolute Gasteiger partial charge is 0.388 e. The Kier molecular flexibility index (Phi) is 4.33. The molecule has 1 atom stereocenters. The quantitative estimate of drug-likeness (QED) is 0.593. The van der Waals surface area contributed by atoms with Gasteiger partial charge in [0.2, 0.25) is 0 Å². The van der Waals surface area contributed by atoms with E-state index in [1.807, 2.05) is 0 Å².